The molecule has 2 unspecified atom stereocenters. The van der Waals surface area contributed by atoms with Crippen LogP contribution in [0.4, 0.5) is 0 Å². The second kappa shape index (κ2) is 25.3. The minimum Gasteiger partial charge on any atom is -0.153 e. The maximum Gasteiger partial charge on any atom is 0 e. The Balaban J connectivity index is 0. The Hall–Kier alpha value is 1.44. The van der Waals surface area contributed by atoms with Crippen LogP contribution in [0, 0.1) is 0 Å². The summed E-state index contributed by atoms with van der Waals surface area (Å²) in [6.07, 6.45) is 0. The molecule has 0 saturated carbocycles. The molecule has 0 aromatic carbocycles. The van der Waals surface area contributed by atoms with Gasteiger partial charge < -0.3 is 0 Å². The molecule has 0 aliphatic carbocycles. The van der Waals surface area contributed by atoms with E-state index in [0.29, 0.717) is 0 Å². The third kappa shape index (κ3) is 9.86. The van der Waals surface area contributed by atoms with Gasteiger partial charge in [-0.15, -0.1) is 0 Å². The molecule has 2 atom stereocenters. The summed E-state index contributed by atoms with van der Waals surface area (Å²) < 4.78 is 0. The molecule has 0 heterocycles. The van der Waals surface area contributed by atoms with Crippen molar-refractivity contribution in [3.8, 4) is 0 Å². The van der Waals surface area contributed by atoms with Crippen LogP contribution in [0.5, 0.6) is 0 Å². The van der Waals surface area contributed by atoms with Crippen molar-refractivity contribution in [2.75, 3.05) is 0 Å². The minimum atomic E-state index is 0. The molecule has 0 amide bonds. The molecule has 0 N–H and O–H groups in total. The van der Waals surface area contributed by atoms with Gasteiger partial charge in [0.15, 0.2) is 0 Å². The van der Waals surface area contributed by atoms with Crippen LogP contribution in [-0.4, -0.2) is 8.41 Å². The van der Waals surface area contributed by atoms with Crippen LogP contribution in [0.25, 0.3) is 0 Å². The van der Waals surface area contributed by atoms with E-state index in [2.05, 4.69) is 0 Å². The van der Waals surface area contributed by atoms with E-state index in [1.807, 2.05) is 0 Å². The van der Waals surface area contributed by atoms with E-state index in [1.165, 1.54) is 0 Å². The second-order valence-corrected chi connectivity index (χ2v) is 0. The summed E-state index contributed by atoms with van der Waals surface area (Å²) in [5.41, 5.74) is 0. The van der Waals surface area contributed by atoms with Crippen molar-refractivity contribution < 1.29 is 17.1 Å². The van der Waals surface area contributed by atoms with Gasteiger partial charge in [-0.2, -0.15) is 19.8 Å². The van der Waals surface area contributed by atoms with E-state index in [9.17, 15) is 0 Å². The van der Waals surface area contributed by atoms with Crippen LogP contribution in [0.2, 0.25) is 0 Å². The molecule has 0 fully saturated rings. The van der Waals surface area contributed by atoms with Crippen molar-refractivity contribution >= 4 is 28.2 Å². The Labute approximate surface area is 45.8 Å². The molecule has 0 aliphatic rings. The summed E-state index contributed by atoms with van der Waals surface area (Å²) in [5, 5.41) is 0. The first-order valence-electron chi connectivity index (χ1n) is 0. The fourth-order valence-electron chi connectivity index (χ4n) is 0. The van der Waals surface area contributed by atoms with Crippen molar-refractivity contribution in [3.63, 3.8) is 0 Å². The van der Waals surface area contributed by atoms with Gasteiger partial charge in [0, 0.05) is 25.5 Å². The molecular formula is H6BCuP2. The van der Waals surface area contributed by atoms with Crippen molar-refractivity contribution in [2.24, 2.45) is 0 Å². The van der Waals surface area contributed by atoms with Crippen LogP contribution >= 0.6 is 19.8 Å². The molecule has 0 bridgehead atoms. The van der Waals surface area contributed by atoms with Gasteiger partial charge in [0.05, 0.1) is 0 Å². The molecule has 0 nitrogen and oxygen atoms in total. The van der Waals surface area contributed by atoms with E-state index in [4.69, 9.17) is 0 Å². The molecule has 4 heteroatoms. The molecule has 0 aliphatic heterocycles. The Morgan fingerprint density at radius 1 is 0.750 bits per heavy atom. The van der Waals surface area contributed by atoms with Crippen molar-refractivity contribution in [2.45, 2.75) is 0 Å². The maximum absolute atomic E-state index is 0. The standard InChI is InChI=1S/B.Cu.2H3P/h;;2*1H3. The first-order valence-corrected chi connectivity index (χ1v) is 0. The van der Waals surface area contributed by atoms with Crippen LogP contribution in [0.1, 0.15) is 0 Å². The summed E-state index contributed by atoms with van der Waals surface area (Å²) in [6, 6.07) is 0. The molecular weight excluding hydrogens is 136 g/mol. The largest absolute Gasteiger partial charge is 0.153 e. The van der Waals surface area contributed by atoms with E-state index in [1.54, 1.807) is 0 Å². The average Bonchev–Trinajstić information content (AvgIpc) is 0. The third-order valence-electron chi connectivity index (χ3n) is 0. The zero-order valence-corrected chi connectivity index (χ0v) is 6.06. The summed E-state index contributed by atoms with van der Waals surface area (Å²) in [4.78, 5) is 0. The minimum absolute atomic E-state index is 0. The SMILES string of the molecule is P.P.[B].[Cu]. The van der Waals surface area contributed by atoms with Crippen LogP contribution in [-0.2, 0) is 17.1 Å². The predicted octanol–water partition coefficient (Wildman–Crippen LogP) is -0.267. The fraction of sp³-hybridized carbons (Fsp3) is 0. The quantitative estimate of drug-likeness (QED) is 0.323. The summed E-state index contributed by atoms with van der Waals surface area (Å²) >= 11 is 0. The summed E-state index contributed by atoms with van der Waals surface area (Å²) in [6.45, 7) is 0. The molecule has 0 spiro atoms. The van der Waals surface area contributed by atoms with E-state index < -0.39 is 0 Å². The Bertz CT molecular complexity index is 6.00. The average molecular weight is 142 g/mol. The molecule has 0 saturated heterocycles. The zero-order chi connectivity index (χ0) is 0. The van der Waals surface area contributed by atoms with Gasteiger partial charge >= 0.3 is 0 Å². The predicted molar refractivity (Wildman–Crippen MR) is 28.0 cm³/mol. The number of rotatable bonds is 0. The number of hydrogen-bond donors (Lipinski definition) is 0. The maximum atomic E-state index is 0. The Kier molecular flexibility index (Phi) is 326. The number of hydrogen-bond acceptors (Lipinski definition) is 0. The van der Waals surface area contributed by atoms with E-state index in [0.717, 1.165) is 0 Å². The van der Waals surface area contributed by atoms with E-state index in [-0.39, 0.29) is 45.3 Å². The van der Waals surface area contributed by atoms with Gasteiger partial charge in [-0.25, -0.2) is 0 Å². The summed E-state index contributed by atoms with van der Waals surface area (Å²) in [5.74, 6) is 0. The topological polar surface area (TPSA) is 0 Å². The van der Waals surface area contributed by atoms with Crippen LogP contribution in [0.3, 0.4) is 0 Å². The van der Waals surface area contributed by atoms with Gasteiger partial charge in [0.2, 0.25) is 0 Å². The van der Waals surface area contributed by atoms with Gasteiger partial charge in [-0.05, 0) is 0 Å². The zero-order valence-electron chi connectivity index (χ0n) is 2.29. The first kappa shape index (κ1) is 51.5. The second-order valence-electron chi connectivity index (χ2n) is 0. The molecule has 4 radical (unpaired) electrons. The van der Waals surface area contributed by atoms with Gasteiger partial charge in [-0.3, -0.25) is 0 Å². The van der Waals surface area contributed by atoms with Crippen molar-refractivity contribution in [1.29, 1.82) is 0 Å². The van der Waals surface area contributed by atoms with Crippen molar-refractivity contribution in [3.05, 3.63) is 0 Å². The Morgan fingerprint density at radius 2 is 0.750 bits per heavy atom. The monoisotopic (exact) mass is 142 g/mol. The van der Waals surface area contributed by atoms with Crippen molar-refractivity contribution in [1.82, 2.24) is 0 Å². The molecule has 0 aromatic heterocycles. The fourth-order valence-corrected chi connectivity index (χ4v) is 0. The molecule has 30 valence electrons. The van der Waals surface area contributed by atoms with Crippen LogP contribution < -0.4 is 0 Å². The molecule has 0 rings (SSSR count). The Morgan fingerprint density at radius 3 is 0.750 bits per heavy atom. The van der Waals surface area contributed by atoms with Crippen LogP contribution in [0.15, 0.2) is 0 Å². The van der Waals surface area contributed by atoms with Gasteiger partial charge in [0.25, 0.3) is 0 Å². The van der Waals surface area contributed by atoms with Gasteiger partial charge in [-0.1, -0.05) is 0 Å². The summed E-state index contributed by atoms with van der Waals surface area (Å²) in [7, 11) is 0. The van der Waals surface area contributed by atoms with E-state index >= 15 is 0 Å². The molecule has 0 aromatic rings. The first-order chi connectivity index (χ1) is 0. The third-order valence-corrected chi connectivity index (χ3v) is 0. The normalized spacial score (nSPS) is 0. The van der Waals surface area contributed by atoms with Gasteiger partial charge in [0.1, 0.15) is 0 Å². The smallest absolute Gasteiger partial charge is 0 e. The molecule has 4 heavy (non-hydrogen) atoms.